The molecule has 0 radical (unpaired) electrons. The highest BCUT2D eigenvalue weighted by atomic mass is 16.6. The maximum absolute atomic E-state index is 13.5. The first kappa shape index (κ1) is 20.9. The number of nitro benzene ring substituents is 1. The van der Waals surface area contributed by atoms with Gasteiger partial charge in [0.25, 0.3) is 11.2 Å². The SMILES string of the molecule is O=c1c2ccccc2c(-c2ccccc2)nn1-c1cc(N2CCCCCC2)ccc1[N+](=O)[O-]. The van der Waals surface area contributed by atoms with E-state index in [1.165, 1.54) is 23.6 Å². The van der Waals surface area contributed by atoms with Gasteiger partial charge in [-0.15, -0.1) is 0 Å². The van der Waals surface area contributed by atoms with E-state index in [2.05, 4.69) is 10.00 Å². The molecule has 0 unspecified atom stereocenters. The Bertz CT molecular complexity index is 1370. The predicted octanol–water partition coefficient (Wildman–Crippen LogP) is 5.34. The summed E-state index contributed by atoms with van der Waals surface area (Å²) in [7, 11) is 0. The van der Waals surface area contributed by atoms with Crippen LogP contribution in [0.3, 0.4) is 0 Å². The average molecular weight is 441 g/mol. The standard InChI is InChI=1S/C26H24N4O3/c31-26-22-13-7-6-12-21(22)25(19-10-4-3-5-11-19)27-29(26)24-18-20(14-15-23(24)30(32)33)28-16-8-1-2-9-17-28/h3-7,10-15,18H,1-2,8-9,16-17H2. The topological polar surface area (TPSA) is 81.3 Å². The maximum atomic E-state index is 13.5. The second-order valence-electron chi connectivity index (χ2n) is 8.31. The van der Waals surface area contributed by atoms with E-state index in [9.17, 15) is 14.9 Å². The van der Waals surface area contributed by atoms with E-state index in [0.717, 1.165) is 42.6 Å². The third kappa shape index (κ3) is 3.98. The monoisotopic (exact) mass is 440 g/mol. The molecular weight excluding hydrogens is 416 g/mol. The Hall–Kier alpha value is -4.00. The van der Waals surface area contributed by atoms with Gasteiger partial charge in [-0.05, 0) is 31.0 Å². The molecule has 0 amide bonds. The average Bonchev–Trinajstić information content (AvgIpc) is 3.14. The minimum absolute atomic E-state index is 0.141. The van der Waals surface area contributed by atoms with Gasteiger partial charge in [0.1, 0.15) is 5.69 Å². The van der Waals surface area contributed by atoms with Crippen LogP contribution in [0.1, 0.15) is 25.7 Å². The van der Waals surface area contributed by atoms with Crippen molar-refractivity contribution in [1.29, 1.82) is 0 Å². The van der Waals surface area contributed by atoms with Crippen molar-refractivity contribution >= 4 is 22.1 Å². The molecule has 7 heteroatoms. The smallest absolute Gasteiger partial charge is 0.295 e. The number of rotatable bonds is 4. The number of nitrogens with zero attached hydrogens (tertiary/aromatic N) is 4. The first-order valence-electron chi connectivity index (χ1n) is 11.2. The van der Waals surface area contributed by atoms with Crippen LogP contribution in [0.25, 0.3) is 27.7 Å². The summed E-state index contributed by atoms with van der Waals surface area (Å²) in [6.07, 6.45) is 4.53. The zero-order chi connectivity index (χ0) is 22.8. The van der Waals surface area contributed by atoms with Gasteiger partial charge < -0.3 is 4.90 Å². The van der Waals surface area contributed by atoms with Crippen molar-refractivity contribution in [2.45, 2.75) is 25.7 Å². The molecule has 1 saturated heterocycles. The summed E-state index contributed by atoms with van der Waals surface area (Å²) >= 11 is 0. The second-order valence-corrected chi connectivity index (χ2v) is 8.31. The molecule has 1 aliphatic heterocycles. The number of hydrogen-bond donors (Lipinski definition) is 0. The van der Waals surface area contributed by atoms with Crippen LogP contribution < -0.4 is 10.5 Å². The lowest BCUT2D eigenvalue weighted by Crippen LogP contribution is -2.26. The molecule has 0 atom stereocenters. The normalized spacial score (nSPS) is 14.2. The molecule has 3 aromatic carbocycles. The first-order valence-corrected chi connectivity index (χ1v) is 11.2. The third-order valence-electron chi connectivity index (χ3n) is 6.21. The minimum Gasteiger partial charge on any atom is -0.371 e. The molecule has 1 aliphatic rings. The quantitative estimate of drug-likeness (QED) is 0.316. The Morgan fingerprint density at radius 3 is 2.18 bits per heavy atom. The number of anilines is 1. The molecule has 0 aliphatic carbocycles. The van der Waals surface area contributed by atoms with Crippen molar-refractivity contribution in [2.75, 3.05) is 18.0 Å². The lowest BCUT2D eigenvalue weighted by Gasteiger charge is -2.23. The van der Waals surface area contributed by atoms with E-state index in [-0.39, 0.29) is 16.9 Å². The van der Waals surface area contributed by atoms with Gasteiger partial charge in [-0.2, -0.15) is 9.78 Å². The Labute approximate surface area is 191 Å². The fourth-order valence-corrected chi connectivity index (χ4v) is 4.52. The van der Waals surface area contributed by atoms with Crippen molar-refractivity contribution in [1.82, 2.24) is 9.78 Å². The fraction of sp³-hybridized carbons (Fsp3) is 0.231. The van der Waals surface area contributed by atoms with Crippen LogP contribution in [0, 0.1) is 10.1 Å². The summed E-state index contributed by atoms with van der Waals surface area (Å²) in [5.74, 6) is 0. The molecule has 0 bridgehead atoms. The van der Waals surface area contributed by atoms with Crippen LogP contribution in [0.5, 0.6) is 0 Å². The van der Waals surface area contributed by atoms with Crippen LogP contribution in [-0.2, 0) is 0 Å². The molecule has 0 N–H and O–H groups in total. The molecule has 166 valence electrons. The zero-order valence-corrected chi connectivity index (χ0v) is 18.2. The molecule has 0 saturated carbocycles. The highest BCUT2D eigenvalue weighted by molar-refractivity contribution is 5.94. The Balaban J connectivity index is 1.76. The van der Waals surface area contributed by atoms with Crippen molar-refractivity contribution in [3.8, 4) is 16.9 Å². The fourth-order valence-electron chi connectivity index (χ4n) is 4.52. The zero-order valence-electron chi connectivity index (χ0n) is 18.2. The van der Waals surface area contributed by atoms with Crippen LogP contribution in [0.4, 0.5) is 11.4 Å². The van der Waals surface area contributed by atoms with E-state index in [1.807, 2.05) is 42.5 Å². The van der Waals surface area contributed by atoms with E-state index < -0.39 is 4.92 Å². The van der Waals surface area contributed by atoms with E-state index in [1.54, 1.807) is 24.3 Å². The van der Waals surface area contributed by atoms with Crippen molar-refractivity contribution < 1.29 is 4.92 Å². The summed E-state index contributed by atoms with van der Waals surface area (Å²) in [4.78, 5) is 27.2. The van der Waals surface area contributed by atoms with Crippen LogP contribution in [-0.4, -0.2) is 27.8 Å². The maximum Gasteiger partial charge on any atom is 0.295 e. The molecule has 5 rings (SSSR count). The van der Waals surface area contributed by atoms with Gasteiger partial charge in [-0.3, -0.25) is 14.9 Å². The van der Waals surface area contributed by atoms with Gasteiger partial charge in [-0.1, -0.05) is 61.4 Å². The van der Waals surface area contributed by atoms with E-state index in [0.29, 0.717) is 11.1 Å². The van der Waals surface area contributed by atoms with E-state index in [4.69, 9.17) is 0 Å². The largest absolute Gasteiger partial charge is 0.371 e. The summed E-state index contributed by atoms with van der Waals surface area (Å²) < 4.78 is 1.20. The third-order valence-corrected chi connectivity index (χ3v) is 6.21. The van der Waals surface area contributed by atoms with Crippen LogP contribution in [0.15, 0.2) is 77.6 Å². The lowest BCUT2D eigenvalue weighted by atomic mass is 10.1. The van der Waals surface area contributed by atoms with Gasteiger partial charge in [0.05, 0.1) is 16.0 Å². The van der Waals surface area contributed by atoms with Crippen molar-refractivity contribution in [3.63, 3.8) is 0 Å². The van der Waals surface area contributed by atoms with Gasteiger partial charge >= 0.3 is 0 Å². The highest BCUT2D eigenvalue weighted by Crippen LogP contribution is 2.31. The summed E-state index contributed by atoms with van der Waals surface area (Å²) in [5, 5.41) is 17.8. The lowest BCUT2D eigenvalue weighted by molar-refractivity contribution is -0.384. The number of nitro groups is 1. The Morgan fingerprint density at radius 1 is 0.818 bits per heavy atom. The number of hydrogen-bond acceptors (Lipinski definition) is 5. The molecule has 1 fully saturated rings. The highest BCUT2D eigenvalue weighted by Gasteiger charge is 2.22. The van der Waals surface area contributed by atoms with Gasteiger partial charge in [0, 0.05) is 35.8 Å². The Kier molecular flexibility index (Phi) is 5.60. The molecule has 33 heavy (non-hydrogen) atoms. The molecule has 1 aromatic heterocycles. The molecule has 4 aromatic rings. The predicted molar refractivity (Wildman–Crippen MR) is 130 cm³/mol. The van der Waals surface area contributed by atoms with Gasteiger partial charge in [0.2, 0.25) is 0 Å². The minimum atomic E-state index is -0.451. The first-order chi connectivity index (χ1) is 16.1. The molecular formula is C26H24N4O3. The summed E-state index contributed by atoms with van der Waals surface area (Å²) in [5.41, 5.74) is 2.00. The number of aromatic nitrogens is 2. The van der Waals surface area contributed by atoms with Crippen molar-refractivity contribution in [3.05, 3.63) is 93.3 Å². The number of fused-ring (bicyclic) bond motifs is 1. The Morgan fingerprint density at radius 2 is 1.48 bits per heavy atom. The van der Waals surface area contributed by atoms with Gasteiger partial charge in [-0.25, -0.2) is 0 Å². The summed E-state index contributed by atoms with van der Waals surface area (Å²) in [6, 6.07) is 21.8. The number of benzene rings is 3. The van der Waals surface area contributed by atoms with Gasteiger partial charge in [0.15, 0.2) is 0 Å². The van der Waals surface area contributed by atoms with E-state index >= 15 is 0 Å². The second kappa shape index (κ2) is 8.86. The molecule has 2 heterocycles. The summed E-state index contributed by atoms with van der Waals surface area (Å²) in [6.45, 7) is 1.79. The van der Waals surface area contributed by atoms with Crippen LogP contribution >= 0.6 is 0 Å². The van der Waals surface area contributed by atoms with Crippen molar-refractivity contribution in [2.24, 2.45) is 0 Å². The molecule has 7 nitrogen and oxygen atoms in total. The van der Waals surface area contributed by atoms with Crippen LogP contribution in [0.2, 0.25) is 0 Å². The molecule has 0 spiro atoms.